The maximum absolute atomic E-state index is 12.4. The second-order valence-corrected chi connectivity index (χ2v) is 7.43. The van der Waals surface area contributed by atoms with Crippen LogP contribution >= 0.6 is 0 Å². The minimum absolute atomic E-state index is 0.231. The Morgan fingerprint density at radius 1 is 1.15 bits per heavy atom. The van der Waals surface area contributed by atoms with Crippen LogP contribution in [0.1, 0.15) is 60.6 Å². The number of anilines is 1. The number of hydrogen-bond acceptors (Lipinski definition) is 5. The first-order chi connectivity index (χ1) is 13.3. The summed E-state index contributed by atoms with van der Waals surface area (Å²) >= 11 is 0. The molecule has 0 radical (unpaired) electrons. The Bertz CT molecular complexity index is 746. The summed E-state index contributed by atoms with van der Waals surface area (Å²) in [6.07, 6.45) is 9.07. The molecule has 1 aliphatic heterocycles. The van der Waals surface area contributed by atoms with Gasteiger partial charge in [-0.3, -0.25) is 4.79 Å². The van der Waals surface area contributed by atoms with Gasteiger partial charge < -0.3 is 15.4 Å². The van der Waals surface area contributed by atoms with Crippen molar-refractivity contribution in [2.75, 3.05) is 18.4 Å². The van der Waals surface area contributed by atoms with Crippen LogP contribution in [-0.2, 0) is 11.3 Å². The molecule has 2 heterocycles. The lowest BCUT2D eigenvalue weighted by atomic mass is 10.1. The van der Waals surface area contributed by atoms with Gasteiger partial charge in [0.15, 0.2) is 5.69 Å². The summed E-state index contributed by atoms with van der Waals surface area (Å²) in [7, 11) is 0. The minimum atomic E-state index is -0.231. The summed E-state index contributed by atoms with van der Waals surface area (Å²) in [5.41, 5.74) is 2.22. The largest absolute Gasteiger partial charge is 0.374 e. The Kier molecular flexibility index (Phi) is 5.79. The van der Waals surface area contributed by atoms with Gasteiger partial charge in [-0.15, -0.1) is 5.10 Å². The second-order valence-electron chi connectivity index (χ2n) is 7.43. The van der Waals surface area contributed by atoms with Crippen molar-refractivity contribution in [3.8, 4) is 0 Å². The molecule has 2 N–H and O–H groups in total. The number of piperidine rings is 1. The van der Waals surface area contributed by atoms with E-state index in [0.717, 1.165) is 37.2 Å². The number of nitrogens with zero attached hydrogens (tertiary/aromatic N) is 3. The molecule has 1 aliphatic carbocycles. The van der Waals surface area contributed by atoms with Gasteiger partial charge in [0.2, 0.25) is 0 Å². The third-order valence-corrected chi connectivity index (χ3v) is 5.43. The average molecular weight is 369 g/mol. The Hall–Kier alpha value is -2.25. The summed E-state index contributed by atoms with van der Waals surface area (Å²) < 4.78 is 7.75. The van der Waals surface area contributed by atoms with E-state index >= 15 is 0 Å². The van der Waals surface area contributed by atoms with Gasteiger partial charge in [-0.25, -0.2) is 4.68 Å². The smallest absolute Gasteiger partial charge is 0.277 e. The molecule has 7 nitrogen and oxygen atoms in total. The predicted octanol–water partition coefficient (Wildman–Crippen LogP) is 2.91. The lowest BCUT2D eigenvalue weighted by Crippen LogP contribution is -2.29. The molecular formula is C20H27N5O2. The van der Waals surface area contributed by atoms with Gasteiger partial charge in [0.05, 0.1) is 24.9 Å². The highest BCUT2D eigenvalue weighted by Crippen LogP contribution is 2.22. The first-order valence-corrected chi connectivity index (χ1v) is 9.92. The maximum Gasteiger partial charge on any atom is 0.277 e. The molecule has 7 heteroatoms. The van der Waals surface area contributed by atoms with Gasteiger partial charge >= 0.3 is 0 Å². The quantitative estimate of drug-likeness (QED) is 0.818. The fraction of sp³-hybridized carbons (Fsp3) is 0.550. The summed E-state index contributed by atoms with van der Waals surface area (Å²) in [4.78, 5) is 12.4. The monoisotopic (exact) mass is 369 g/mol. The van der Waals surface area contributed by atoms with E-state index in [-0.39, 0.29) is 5.91 Å². The molecule has 1 aromatic carbocycles. The van der Waals surface area contributed by atoms with Crippen LogP contribution in [0.3, 0.4) is 0 Å². The number of ether oxygens (including phenoxy) is 1. The summed E-state index contributed by atoms with van der Waals surface area (Å²) in [5, 5.41) is 14.4. The van der Waals surface area contributed by atoms with E-state index < -0.39 is 0 Å². The number of carbonyl (C=O) groups excluding carboxylic acids is 1. The van der Waals surface area contributed by atoms with Crippen molar-refractivity contribution < 1.29 is 9.53 Å². The van der Waals surface area contributed by atoms with Crippen LogP contribution in [0, 0.1) is 0 Å². The van der Waals surface area contributed by atoms with E-state index in [4.69, 9.17) is 4.74 Å². The van der Waals surface area contributed by atoms with Gasteiger partial charge in [0.1, 0.15) is 0 Å². The highest BCUT2D eigenvalue weighted by Gasteiger charge is 2.19. The third kappa shape index (κ3) is 4.73. The molecule has 2 aromatic rings. The molecule has 0 bridgehead atoms. The summed E-state index contributed by atoms with van der Waals surface area (Å²) in [5.74, 6) is -0.231. The normalized spacial score (nSPS) is 18.7. The average Bonchev–Trinajstić information content (AvgIpc) is 3.40. The van der Waals surface area contributed by atoms with Crippen LogP contribution in [0.5, 0.6) is 0 Å². The van der Waals surface area contributed by atoms with Crippen LogP contribution in [0.15, 0.2) is 30.5 Å². The van der Waals surface area contributed by atoms with E-state index in [0.29, 0.717) is 24.4 Å². The Balaban J connectivity index is 1.30. The fourth-order valence-electron chi connectivity index (χ4n) is 3.78. The molecule has 0 unspecified atom stereocenters. The number of carbonyl (C=O) groups is 1. The number of hydrogen-bond donors (Lipinski definition) is 2. The van der Waals surface area contributed by atoms with E-state index in [1.807, 2.05) is 28.9 Å². The molecule has 1 saturated carbocycles. The Labute approximate surface area is 159 Å². The predicted molar refractivity (Wildman–Crippen MR) is 103 cm³/mol. The molecular weight excluding hydrogens is 342 g/mol. The zero-order chi connectivity index (χ0) is 18.5. The second kappa shape index (κ2) is 8.63. The van der Waals surface area contributed by atoms with Crippen molar-refractivity contribution in [2.45, 2.75) is 57.3 Å². The molecule has 0 spiro atoms. The topological polar surface area (TPSA) is 81.1 Å². The molecule has 2 aliphatic rings. The Morgan fingerprint density at radius 2 is 1.89 bits per heavy atom. The molecule has 2 fully saturated rings. The van der Waals surface area contributed by atoms with E-state index in [2.05, 4.69) is 20.9 Å². The molecule has 4 rings (SSSR count). The number of aromatic nitrogens is 3. The van der Waals surface area contributed by atoms with Crippen molar-refractivity contribution in [3.63, 3.8) is 0 Å². The van der Waals surface area contributed by atoms with Crippen LogP contribution in [-0.4, -0.2) is 40.1 Å². The standard InChI is InChI=1S/C20H27N5O2/c26-20(19-13-25(24-23-19)17-9-11-21-12-10-17)22-16-7-5-15(6-8-16)14-27-18-3-1-2-4-18/h5-8,13,17-18,21H,1-4,9-12,14H2,(H,22,26). The van der Waals surface area contributed by atoms with Gasteiger partial charge in [0, 0.05) is 5.69 Å². The number of amides is 1. The first-order valence-electron chi connectivity index (χ1n) is 9.92. The highest BCUT2D eigenvalue weighted by atomic mass is 16.5. The SMILES string of the molecule is O=C(Nc1ccc(COC2CCCC2)cc1)c1cn(C2CCNCC2)nn1. The molecule has 0 atom stereocenters. The summed E-state index contributed by atoms with van der Waals surface area (Å²) in [6, 6.07) is 8.12. The molecule has 1 aromatic heterocycles. The minimum Gasteiger partial charge on any atom is -0.374 e. The van der Waals surface area contributed by atoms with Gasteiger partial charge in [0.25, 0.3) is 5.91 Å². The molecule has 144 valence electrons. The lowest BCUT2D eigenvalue weighted by molar-refractivity contribution is 0.0457. The number of nitrogens with one attached hydrogen (secondary N) is 2. The van der Waals surface area contributed by atoms with Gasteiger partial charge in [-0.1, -0.05) is 30.2 Å². The number of rotatable bonds is 6. The number of benzene rings is 1. The van der Waals surface area contributed by atoms with Crippen LogP contribution in [0.2, 0.25) is 0 Å². The van der Waals surface area contributed by atoms with Crippen molar-refractivity contribution >= 4 is 11.6 Å². The van der Waals surface area contributed by atoms with E-state index in [9.17, 15) is 4.79 Å². The Morgan fingerprint density at radius 3 is 2.63 bits per heavy atom. The summed E-state index contributed by atoms with van der Waals surface area (Å²) in [6.45, 7) is 2.58. The van der Waals surface area contributed by atoms with Crippen LogP contribution < -0.4 is 10.6 Å². The third-order valence-electron chi connectivity index (χ3n) is 5.43. The van der Waals surface area contributed by atoms with Crippen molar-refractivity contribution in [1.82, 2.24) is 20.3 Å². The van der Waals surface area contributed by atoms with Crippen LogP contribution in [0.25, 0.3) is 0 Å². The van der Waals surface area contributed by atoms with Crippen molar-refractivity contribution in [3.05, 3.63) is 41.7 Å². The van der Waals surface area contributed by atoms with Crippen molar-refractivity contribution in [1.29, 1.82) is 0 Å². The lowest BCUT2D eigenvalue weighted by Gasteiger charge is -2.22. The molecule has 1 saturated heterocycles. The highest BCUT2D eigenvalue weighted by molar-refractivity contribution is 6.02. The molecule has 27 heavy (non-hydrogen) atoms. The van der Waals surface area contributed by atoms with Crippen LogP contribution in [0.4, 0.5) is 5.69 Å². The van der Waals surface area contributed by atoms with Crippen molar-refractivity contribution in [2.24, 2.45) is 0 Å². The zero-order valence-corrected chi connectivity index (χ0v) is 15.6. The zero-order valence-electron chi connectivity index (χ0n) is 15.6. The van der Waals surface area contributed by atoms with Gasteiger partial charge in [-0.05, 0) is 56.5 Å². The molecule has 1 amide bonds. The fourth-order valence-corrected chi connectivity index (χ4v) is 3.78. The first kappa shape index (κ1) is 18.1. The maximum atomic E-state index is 12.4. The van der Waals surface area contributed by atoms with Gasteiger partial charge in [-0.2, -0.15) is 0 Å². The van der Waals surface area contributed by atoms with E-state index in [1.54, 1.807) is 6.20 Å². The van der Waals surface area contributed by atoms with E-state index in [1.165, 1.54) is 25.7 Å².